The van der Waals surface area contributed by atoms with Crippen LogP contribution in [0.1, 0.15) is 6.42 Å². The van der Waals surface area contributed by atoms with Crippen LogP contribution >= 0.6 is 0 Å². The third kappa shape index (κ3) is 10.7. The molecule has 0 spiro atoms. The van der Waals surface area contributed by atoms with Crippen LogP contribution in [0.5, 0.6) is 0 Å². The Morgan fingerprint density at radius 2 is 2.14 bits per heavy atom. The van der Waals surface area contributed by atoms with E-state index in [0.717, 1.165) is 0 Å². The zero-order valence-corrected chi connectivity index (χ0v) is 6.98. The van der Waals surface area contributed by atoms with Crippen molar-refractivity contribution in [2.24, 2.45) is 0 Å². The molecule has 0 aliphatic carbocycles. The third-order valence-corrected chi connectivity index (χ3v) is 0.362. The van der Waals surface area contributed by atoms with Crippen molar-refractivity contribution in [2.75, 3.05) is 6.61 Å². The van der Waals surface area contributed by atoms with E-state index in [1.54, 1.807) is 0 Å². The molecule has 0 fully saturated rings. The van der Waals surface area contributed by atoms with Crippen molar-refractivity contribution in [2.45, 2.75) is 6.42 Å². The van der Waals surface area contributed by atoms with E-state index in [9.17, 15) is 0 Å². The van der Waals surface area contributed by atoms with Crippen LogP contribution in [0, 0.1) is 18.8 Å². The predicted molar refractivity (Wildman–Crippen MR) is 24.8 cm³/mol. The molecule has 0 aromatic carbocycles. The molecule has 0 aromatic heterocycles. The van der Waals surface area contributed by atoms with E-state index in [1.165, 1.54) is 0 Å². The minimum Gasteiger partial charge on any atom is -0.397 e. The fourth-order valence-electron chi connectivity index (χ4n) is 0.144. The van der Waals surface area contributed by atoms with Gasteiger partial charge in [-0.25, -0.2) is 0 Å². The number of aliphatic hydroxyl groups is 1. The smallest absolute Gasteiger partial charge is 0.0365 e. The molecule has 0 atom stereocenters. The average Bonchev–Trinajstić information content (AvgIpc) is 1.61. The monoisotopic (exact) mass is 172 g/mol. The summed E-state index contributed by atoms with van der Waals surface area (Å²) in [5.74, 6) is 5.00. The van der Waals surface area contributed by atoms with Gasteiger partial charge in [0.05, 0.1) is 0 Å². The first-order valence-electron chi connectivity index (χ1n) is 1.77. The summed E-state index contributed by atoms with van der Waals surface area (Å²) < 4.78 is 0. The average molecular weight is 172 g/mol. The standard InChI is InChI=1S/C5H7O.Y/c1-2-3-4-5-6;/h6H,1,4-5H2;/q-1;. The zero-order chi connectivity index (χ0) is 4.83. The van der Waals surface area contributed by atoms with Gasteiger partial charge in [0.2, 0.25) is 0 Å². The van der Waals surface area contributed by atoms with E-state index in [1.807, 2.05) is 0 Å². The molecule has 0 aromatic rings. The maximum absolute atomic E-state index is 8.07. The van der Waals surface area contributed by atoms with Crippen LogP contribution in [0.2, 0.25) is 0 Å². The minimum atomic E-state index is 0. The summed E-state index contributed by atoms with van der Waals surface area (Å²) in [6.07, 6.45) is 0.545. The topological polar surface area (TPSA) is 20.2 Å². The van der Waals surface area contributed by atoms with E-state index in [-0.39, 0.29) is 39.3 Å². The van der Waals surface area contributed by atoms with Crippen molar-refractivity contribution >= 4 is 0 Å². The molecule has 0 bridgehead atoms. The Hall–Kier alpha value is 0.494. The quantitative estimate of drug-likeness (QED) is 0.442. The van der Waals surface area contributed by atoms with Crippen LogP contribution in [0.15, 0.2) is 0 Å². The minimum absolute atomic E-state index is 0. The molecule has 0 amide bonds. The maximum Gasteiger partial charge on any atom is 0.0365 e. The van der Waals surface area contributed by atoms with Crippen molar-refractivity contribution in [1.82, 2.24) is 0 Å². The molecular formula is C5H7OY-. The number of hydrogen-bond acceptors (Lipinski definition) is 1. The molecule has 1 nitrogen and oxygen atoms in total. The first kappa shape index (κ1) is 10.5. The molecule has 1 radical (unpaired) electrons. The molecule has 0 saturated carbocycles. The Morgan fingerprint density at radius 1 is 1.57 bits per heavy atom. The second-order valence-corrected chi connectivity index (χ2v) is 0.827. The Kier molecular flexibility index (Phi) is 14.5. The molecule has 0 saturated heterocycles. The second-order valence-electron chi connectivity index (χ2n) is 0.827. The van der Waals surface area contributed by atoms with Crippen LogP contribution in [-0.4, -0.2) is 11.7 Å². The molecule has 7 heavy (non-hydrogen) atoms. The van der Waals surface area contributed by atoms with Gasteiger partial charge in [-0.05, 0) is 0 Å². The zero-order valence-electron chi connectivity index (χ0n) is 4.15. The van der Waals surface area contributed by atoms with Crippen molar-refractivity contribution in [3.63, 3.8) is 0 Å². The van der Waals surface area contributed by atoms with Gasteiger partial charge in [0.15, 0.2) is 0 Å². The molecule has 0 rings (SSSR count). The predicted octanol–water partition coefficient (Wildman–Crippen LogP) is 0.204. The third-order valence-electron chi connectivity index (χ3n) is 0.362. The number of rotatable bonds is 1. The van der Waals surface area contributed by atoms with E-state index >= 15 is 0 Å². The summed E-state index contributed by atoms with van der Waals surface area (Å²) in [6, 6.07) is 0. The van der Waals surface area contributed by atoms with Crippen molar-refractivity contribution < 1.29 is 37.8 Å². The Bertz CT molecular complexity index is 69.9. The molecule has 1 N–H and O–H groups in total. The van der Waals surface area contributed by atoms with Crippen molar-refractivity contribution in [3.8, 4) is 11.8 Å². The molecule has 0 unspecified atom stereocenters. The van der Waals surface area contributed by atoms with Gasteiger partial charge in [-0.2, -0.15) is 6.92 Å². The van der Waals surface area contributed by atoms with E-state index in [4.69, 9.17) is 5.11 Å². The first-order chi connectivity index (χ1) is 2.91. The summed E-state index contributed by atoms with van der Waals surface area (Å²) in [5, 5.41) is 8.07. The van der Waals surface area contributed by atoms with Crippen LogP contribution in [0.25, 0.3) is 0 Å². The second kappa shape index (κ2) is 9.71. The Labute approximate surface area is 69.4 Å². The molecular weight excluding hydrogens is 165 g/mol. The molecule has 0 aliphatic heterocycles. The summed E-state index contributed by atoms with van der Waals surface area (Å²) in [7, 11) is 0. The van der Waals surface area contributed by atoms with Gasteiger partial charge < -0.3 is 11.0 Å². The van der Waals surface area contributed by atoms with E-state index in [2.05, 4.69) is 18.8 Å². The van der Waals surface area contributed by atoms with E-state index < -0.39 is 0 Å². The van der Waals surface area contributed by atoms with Gasteiger partial charge in [-0.3, -0.25) is 5.92 Å². The normalized spacial score (nSPS) is 5.29. The van der Waals surface area contributed by atoms with Crippen molar-refractivity contribution in [3.05, 3.63) is 6.92 Å². The summed E-state index contributed by atoms with van der Waals surface area (Å²) in [4.78, 5) is 0. The fraction of sp³-hybridized carbons (Fsp3) is 0.400. The Morgan fingerprint density at radius 3 is 2.29 bits per heavy atom. The van der Waals surface area contributed by atoms with Crippen molar-refractivity contribution in [1.29, 1.82) is 0 Å². The van der Waals surface area contributed by atoms with Gasteiger partial charge >= 0.3 is 0 Å². The number of hydrogen-bond donors (Lipinski definition) is 1. The van der Waals surface area contributed by atoms with Crippen LogP contribution < -0.4 is 0 Å². The SMILES string of the molecule is [CH2-]C#CCCO.[Y]. The van der Waals surface area contributed by atoms with Gasteiger partial charge in [0.25, 0.3) is 0 Å². The summed E-state index contributed by atoms with van der Waals surface area (Å²) in [5.41, 5.74) is 0. The summed E-state index contributed by atoms with van der Waals surface area (Å²) in [6.45, 7) is 3.39. The molecule has 0 heterocycles. The van der Waals surface area contributed by atoms with Gasteiger partial charge in [0, 0.05) is 39.3 Å². The van der Waals surface area contributed by atoms with Gasteiger partial charge in [0.1, 0.15) is 0 Å². The number of aliphatic hydroxyl groups excluding tert-OH is 1. The Balaban J connectivity index is 0. The molecule has 2 heteroatoms. The van der Waals surface area contributed by atoms with Crippen LogP contribution in [0.3, 0.4) is 0 Å². The molecule has 0 aliphatic rings. The van der Waals surface area contributed by atoms with Gasteiger partial charge in [-0.1, -0.05) is 6.42 Å². The van der Waals surface area contributed by atoms with Gasteiger partial charge in [-0.15, -0.1) is 0 Å². The fourth-order valence-corrected chi connectivity index (χ4v) is 0.144. The van der Waals surface area contributed by atoms with Crippen LogP contribution in [0.4, 0.5) is 0 Å². The molecule has 37 valence electrons. The maximum atomic E-state index is 8.07. The largest absolute Gasteiger partial charge is 0.397 e. The van der Waals surface area contributed by atoms with Crippen LogP contribution in [-0.2, 0) is 32.7 Å². The summed E-state index contributed by atoms with van der Waals surface area (Å²) >= 11 is 0. The first-order valence-corrected chi connectivity index (χ1v) is 1.77. The van der Waals surface area contributed by atoms with E-state index in [0.29, 0.717) is 6.42 Å².